The molecule has 0 aromatic heterocycles. The van der Waals surface area contributed by atoms with Crippen LogP contribution >= 0.6 is 15.9 Å². The van der Waals surface area contributed by atoms with Crippen molar-refractivity contribution in [2.45, 2.75) is 26.2 Å². The van der Waals surface area contributed by atoms with Crippen molar-refractivity contribution in [1.29, 1.82) is 0 Å². The molecule has 19 heavy (non-hydrogen) atoms. The zero-order valence-electron chi connectivity index (χ0n) is 11.6. The van der Waals surface area contributed by atoms with Gasteiger partial charge in [-0.15, -0.1) is 0 Å². The molecule has 0 aliphatic carbocycles. The molecule has 104 valence electrons. The van der Waals surface area contributed by atoms with Crippen molar-refractivity contribution in [3.8, 4) is 0 Å². The van der Waals surface area contributed by atoms with E-state index in [-0.39, 0.29) is 5.91 Å². The maximum Gasteiger partial charge on any atom is 0.224 e. The van der Waals surface area contributed by atoms with E-state index in [9.17, 15) is 4.79 Å². The van der Waals surface area contributed by atoms with E-state index >= 15 is 0 Å². The van der Waals surface area contributed by atoms with Crippen LogP contribution in [0.4, 0.5) is 5.69 Å². The maximum atomic E-state index is 12.1. The molecule has 1 fully saturated rings. The average molecular weight is 325 g/mol. The molecular weight excluding hydrogens is 304 g/mol. The first kappa shape index (κ1) is 14.5. The Hall–Kier alpha value is -0.870. The number of nitrogens with zero attached hydrogens (tertiary/aromatic N) is 1. The maximum absolute atomic E-state index is 12.1. The van der Waals surface area contributed by atoms with Gasteiger partial charge in [0, 0.05) is 23.1 Å². The van der Waals surface area contributed by atoms with Gasteiger partial charge in [0.25, 0.3) is 0 Å². The Labute approximate surface area is 123 Å². The van der Waals surface area contributed by atoms with Crippen LogP contribution in [0.1, 0.15) is 24.8 Å². The Kier molecular flexibility index (Phi) is 4.99. The van der Waals surface area contributed by atoms with Crippen LogP contribution in [-0.2, 0) is 4.79 Å². The van der Waals surface area contributed by atoms with Crippen molar-refractivity contribution in [3.05, 3.63) is 28.2 Å². The largest absolute Gasteiger partial charge is 0.326 e. The molecule has 0 radical (unpaired) electrons. The van der Waals surface area contributed by atoms with Crippen LogP contribution in [0.2, 0.25) is 0 Å². The number of anilines is 1. The van der Waals surface area contributed by atoms with Gasteiger partial charge in [0.05, 0.1) is 0 Å². The van der Waals surface area contributed by atoms with Crippen LogP contribution in [-0.4, -0.2) is 30.9 Å². The summed E-state index contributed by atoms with van der Waals surface area (Å²) in [4.78, 5) is 14.4. The van der Waals surface area contributed by atoms with E-state index in [1.165, 1.54) is 6.42 Å². The summed E-state index contributed by atoms with van der Waals surface area (Å²) in [5.74, 6) is 0.625. The molecule has 3 nitrogen and oxygen atoms in total. The van der Waals surface area contributed by atoms with Gasteiger partial charge in [-0.3, -0.25) is 4.79 Å². The number of carbonyl (C=O) groups is 1. The van der Waals surface area contributed by atoms with Crippen LogP contribution in [0.3, 0.4) is 0 Å². The van der Waals surface area contributed by atoms with Gasteiger partial charge in [0.2, 0.25) is 5.91 Å². The summed E-state index contributed by atoms with van der Waals surface area (Å²) in [5, 5.41) is 3.02. The SMILES string of the molecule is Cc1cc(Br)ccc1NC(=O)CC1CCCN(C)C1. The van der Waals surface area contributed by atoms with Gasteiger partial charge in [0.15, 0.2) is 0 Å². The molecule has 1 aliphatic rings. The lowest BCUT2D eigenvalue weighted by molar-refractivity contribution is -0.117. The van der Waals surface area contributed by atoms with E-state index < -0.39 is 0 Å². The second-order valence-electron chi connectivity index (χ2n) is 5.48. The molecule has 1 atom stereocenters. The molecule has 1 aromatic carbocycles. The molecule has 0 spiro atoms. The Balaban J connectivity index is 1.90. The fraction of sp³-hybridized carbons (Fsp3) is 0.533. The van der Waals surface area contributed by atoms with Crippen LogP contribution in [0.5, 0.6) is 0 Å². The highest BCUT2D eigenvalue weighted by Crippen LogP contribution is 2.22. The van der Waals surface area contributed by atoms with Gasteiger partial charge in [-0.2, -0.15) is 0 Å². The van der Waals surface area contributed by atoms with Crippen molar-refractivity contribution in [3.63, 3.8) is 0 Å². The highest BCUT2D eigenvalue weighted by molar-refractivity contribution is 9.10. The van der Waals surface area contributed by atoms with Gasteiger partial charge >= 0.3 is 0 Å². The molecule has 1 saturated heterocycles. The molecule has 1 unspecified atom stereocenters. The number of likely N-dealkylation sites (tertiary alicyclic amines) is 1. The lowest BCUT2D eigenvalue weighted by Gasteiger charge is -2.29. The molecule has 1 heterocycles. The first-order valence-corrected chi connectivity index (χ1v) is 7.58. The van der Waals surface area contributed by atoms with E-state index in [1.54, 1.807) is 0 Å². The number of halogens is 1. The minimum absolute atomic E-state index is 0.130. The van der Waals surface area contributed by atoms with Crippen LogP contribution in [0, 0.1) is 12.8 Å². The quantitative estimate of drug-likeness (QED) is 0.923. The number of carbonyl (C=O) groups excluding carboxylic acids is 1. The summed E-state index contributed by atoms with van der Waals surface area (Å²) in [7, 11) is 2.13. The minimum atomic E-state index is 0.130. The Bertz CT molecular complexity index is 461. The second-order valence-corrected chi connectivity index (χ2v) is 6.40. The van der Waals surface area contributed by atoms with E-state index in [0.29, 0.717) is 12.3 Å². The molecule has 0 bridgehead atoms. The molecular formula is C15H21BrN2O. The highest BCUT2D eigenvalue weighted by Gasteiger charge is 2.20. The lowest BCUT2D eigenvalue weighted by atomic mass is 9.95. The standard InChI is InChI=1S/C15H21BrN2O/c1-11-8-13(16)5-6-14(11)17-15(19)9-12-4-3-7-18(2)10-12/h5-6,8,12H,3-4,7,9-10H2,1-2H3,(H,17,19). The van der Waals surface area contributed by atoms with Gasteiger partial charge in [-0.05, 0) is 63.0 Å². The zero-order valence-corrected chi connectivity index (χ0v) is 13.2. The first-order chi connectivity index (χ1) is 9.04. The van der Waals surface area contributed by atoms with Crippen molar-refractivity contribution in [2.24, 2.45) is 5.92 Å². The molecule has 1 N–H and O–H groups in total. The molecule has 1 aromatic rings. The highest BCUT2D eigenvalue weighted by atomic mass is 79.9. The fourth-order valence-corrected chi connectivity index (χ4v) is 3.15. The lowest BCUT2D eigenvalue weighted by Crippen LogP contribution is -2.34. The molecule has 1 amide bonds. The monoisotopic (exact) mass is 324 g/mol. The first-order valence-electron chi connectivity index (χ1n) is 6.79. The van der Waals surface area contributed by atoms with Crippen LogP contribution < -0.4 is 5.32 Å². The van der Waals surface area contributed by atoms with Crippen LogP contribution in [0.15, 0.2) is 22.7 Å². The summed E-state index contributed by atoms with van der Waals surface area (Å²) in [6.07, 6.45) is 2.99. The number of benzene rings is 1. The summed E-state index contributed by atoms with van der Waals surface area (Å²) in [6.45, 7) is 4.20. The summed E-state index contributed by atoms with van der Waals surface area (Å²) in [5.41, 5.74) is 2.00. The third-order valence-corrected chi connectivity index (χ3v) is 4.15. The van der Waals surface area contributed by atoms with Gasteiger partial charge in [0.1, 0.15) is 0 Å². The summed E-state index contributed by atoms with van der Waals surface area (Å²) >= 11 is 3.43. The van der Waals surface area contributed by atoms with Crippen molar-refractivity contribution in [1.82, 2.24) is 4.90 Å². The van der Waals surface area contributed by atoms with Gasteiger partial charge < -0.3 is 10.2 Å². The third-order valence-electron chi connectivity index (χ3n) is 3.66. The fourth-order valence-electron chi connectivity index (χ4n) is 2.67. The average Bonchev–Trinajstić information content (AvgIpc) is 2.33. The smallest absolute Gasteiger partial charge is 0.224 e. The predicted octanol–water partition coefficient (Wildman–Crippen LogP) is 3.43. The van der Waals surface area contributed by atoms with Crippen LogP contribution in [0.25, 0.3) is 0 Å². The Morgan fingerprint density at radius 2 is 2.32 bits per heavy atom. The Morgan fingerprint density at radius 1 is 1.53 bits per heavy atom. The predicted molar refractivity (Wildman–Crippen MR) is 82.3 cm³/mol. The molecule has 1 aliphatic heterocycles. The van der Waals surface area contributed by atoms with Crippen molar-refractivity contribution < 1.29 is 4.79 Å². The minimum Gasteiger partial charge on any atom is -0.326 e. The number of amides is 1. The van der Waals surface area contributed by atoms with Crippen molar-refractivity contribution in [2.75, 3.05) is 25.5 Å². The zero-order chi connectivity index (χ0) is 13.8. The number of hydrogen-bond acceptors (Lipinski definition) is 2. The number of piperidine rings is 1. The topological polar surface area (TPSA) is 32.3 Å². The Morgan fingerprint density at radius 3 is 3.00 bits per heavy atom. The van der Waals surface area contributed by atoms with Crippen molar-refractivity contribution >= 4 is 27.5 Å². The van der Waals surface area contributed by atoms with E-state index in [1.807, 2.05) is 25.1 Å². The summed E-state index contributed by atoms with van der Waals surface area (Å²) < 4.78 is 1.04. The normalized spacial score (nSPS) is 20.3. The number of hydrogen-bond donors (Lipinski definition) is 1. The van der Waals surface area contributed by atoms with E-state index in [2.05, 4.69) is 33.2 Å². The summed E-state index contributed by atoms with van der Waals surface area (Å²) in [6, 6.07) is 5.92. The van der Waals surface area contributed by atoms with Gasteiger partial charge in [-0.1, -0.05) is 15.9 Å². The van der Waals surface area contributed by atoms with E-state index in [4.69, 9.17) is 0 Å². The number of rotatable bonds is 3. The van der Waals surface area contributed by atoms with E-state index in [0.717, 1.165) is 35.2 Å². The second kappa shape index (κ2) is 6.53. The number of aryl methyl sites for hydroxylation is 1. The third kappa shape index (κ3) is 4.32. The molecule has 0 saturated carbocycles. The van der Waals surface area contributed by atoms with Gasteiger partial charge in [-0.25, -0.2) is 0 Å². The molecule has 2 rings (SSSR count). The molecule has 4 heteroatoms. The number of nitrogens with one attached hydrogen (secondary N) is 1.